The van der Waals surface area contributed by atoms with E-state index in [0.29, 0.717) is 11.5 Å². The summed E-state index contributed by atoms with van der Waals surface area (Å²) in [6.07, 6.45) is 0.690. The molecule has 1 aromatic rings. The number of aliphatic hydroxyl groups is 1. The van der Waals surface area contributed by atoms with Gasteiger partial charge in [-0.3, -0.25) is 4.90 Å². The quantitative estimate of drug-likeness (QED) is 0.842. The summed E-state index contributed by atoms with van der Waals surface area (Å²) >= 11 is 0. The lowest BCUT2D eigenvalue weighted by Gasteiger charge is -2.34. The number of hydrogen-bond donors (Lipinski definition) is 1. The lowest BCUT2D eigenvalue weighted by molar-refractivity contribution is 0.0320. The van der Waals surface area contributed by atoms with Crippen molar-refractivity contribution in [2.24, 2.45) is 5.92 Å². The highest BCUT2D eigenvalue weighted by Crippen LogP contribution is 2.18. The van der Waals surface area contributed by atoms with E-state index in [1.165, 1.54) is 5.56 Å². The Kier molecular flexibility index (Phi) is 3.78. The number of aliphatic hydroxyl groups excluding tert-OH is 1. The fourth-order valence-electron chi connectivity index (χ4n) is 2.36. The van der Waals surface area contributed by atoms with Crippen molar-refractivity contribution in [2.75, 3.05) is 13.1 Å². The Morgan fingerprint density at radius 3 is 3.06 bits per heavy atom. The number of likely N-dealkylation sites (tertiary alicyclic amines) is 1. The van der Waals surface area contributed by atoms with Crippen LogP contribution in [0.2, 0.25) is 0 Å². The minimum atomic E-state index is -0.156. The molecule has 3 nitrogen and oxygen atoms in total. The molecule has 0 aliphatic carbocycles. The van der Waals surface area contributed by atoms with Crippen LogP contribution in [0.4, 0.5) is 0 Å². The predicted molar refractivity (Wildman–Crippen MR) is 66.2 cm³/mol. The lowest BCUT2D eigenvalue weighted by atomic mass is 9.96. The van der Waals surface area contributed by atoms with Gasteiger partial charge in [-0.05, 0) is 30.0 Å². The first-order chi connectivity index (χ1) is 8.19. The average molecular weight is 230 g/mol. The number of nitriles is 1. The Labute approximate surface area is 102 Å². The Morgan fingerprint density at radius 1 is 1.53 bits per heavy atom. The Balaban J connectivity index is 1.99. The van der Waals surface area contributed by atoms with Gasteiger partial charge in [-0.1, -0.05) is 19.1 Å². The molecule has 2 atom stereocenters. The van der Waals surface area contributed by atoms with Crippen molar-refractivity contribution in [1.29, 1.82) is 5.26 Å². The third-order valence-corrected chi connectivity index (χ3v) is 3.41. The summed E-state index contributed by atoms with van der Waals surface area (Å²) < 4.78 is 0. The zero-order valence-corrected chi connectivity index (χ0v) is 10.1. The van der Waals surface area contributed by atoms with E-state index in [9.17, 15) is 5.11 Å². The molecule has 0 aromatic heterocycles. The third kappa shape index (κ3) is 3.06. The Hall–Kier alpha value is -1.37. The zero-order valence-electron chi connectivity index (χ0n) is 10.1. The van der Waals surface area contributed by atoms with Crippen LogP contribution in [-0.4, -0.2) is 29.2 Å². The molecule has 0 saturated carbocycles. The van der Waals surface area contributed by atoms with Crippen LogP contribution in [0.5, 0.6) is 0 Å². The number of benzene rings is 1. The standard InChI is InChI=1S/C14H18N2O/c1-11-9-16(6-5-14(11)17)10-13-4-2-3-12(7-13)8-15/h2-4,7,11,14,17H,5-6,9-10H2,1H3. The topological polar surface area (TPSA) is 47.3 Å². The summed E-state index contributed by atoms with van der Waals surface area (Å²) in [4.78, 5) is 2.34. The molecule has 1 fully saturated rings. The molecule has 3 heteroatoms. The molecule has 2 unspecified atom stereocenters. The molecule has 1 N–H and O–H groups in total. The van der Waals surface area contributed by atoms with Gasteiger partial charge in [0.05, 0.1) is 17.7 Å². The molecule has 1 aliphatic heterocycles. The van der Waals surface area contributed by atoms with Crippen molar-refractivity contribution in [3.05, 3.63) is 35.4 Å². The van der Waals surface area contributed by atoms with E-state index in [-0.39, 0.29) is 6.10 Å². The van der Waals surface area contributed by atoms with E-state index in [2.05, 4.69) is 24.0 Å². The summed E-state index contributed by atoms with van der Waals surface area (Å²) in [5.74, 6) is 0.336. The van der Waals surface area contributed by atoms with E-state index in [4.69, 9.17) is 5.26 Å². The summed E-state index contributed by atoms with van der Waals surface area (Å²) in [5.41, 5.74) is 1.89. The van der Waals surface area contributed by atoms with Crippen LogP contribution in [-0.2, 0) is 6.54 Å². The number of nitrogens with zero attached hydrogens (tertiary/aromatic N) is 2. The first-order valence-corrected chi connectivity index (χ1v) is 6.08. The van der Waals surface area contributed by atoms with Gasteiger partial charge < -0.3 is 5.11 Å². The van der Waals surface area contributed by atoms with Crippen molar-refractivity contribution < 1.29 is 5.11 Å². The van der Waals surface area contributed by atoms with Crippen LogP contribution in [0.15, 0.2) is 24.3 Å². The molecule has 1 aromatic carbocycles. The van der Waals surface area contributed by atoms with Gasteiger partial charge in [-0.2, -0.15) is 5.26 Å². The molecule has 0 spiro atoms. The first-order valence-electron chi connectivity index (χ1n) is 6.08. The van der Waals surface area contributed by atoms with Crippen molar-refractivity contribution in [1.82, 2.24) is 4.90 Å². The highest BCUT2D eigenvalue weighted by atomic mass is 16.3. The molecule has 1 saturated heterocycles. The smallest absolute Gasteiger partial charge is 0.0991 e. The highest BCUT2D eigenvalue weighted by molar-refractivity contribution is 5.32. The fraction of sp³-hybridized carbons (Fsp3) is 0.500. The normalized spacial score (nSPS) is 25.5. The van der Waals surface area contributed by atoms with Crippen molar-refractivity contribution in [3.63, 3.8) is 0 Å². The van der Waals surface area contributed by atoms with Crippen molar-refractivity contribution in [3.8, 4) is 6.07 Å². The van der Waals surface area contributed by atoms with Gasteiger partial charge in [0.2, 0.25) is 0 Å². The second-order valence-corrected chi connectivity index (χ2v) is 4.88. The van der Waals surface area contributed by atoms with Gasteiger partial charge in [0.25, 0.3) is 0 Å². The molecular formula is C14H18N2O. The van der Waals surface area contributed by atoms with Crippen LogP contribution in [0, 0.1) is 17.2 Å². The molecule has 0 bridgehead atoms. The molecule has 90 valence electrons. The molecule has 0 amide bonds. The van der Waals surface area contributed by atoms with Gasteiger partial charge >= 0.3 is 0 Å². The molecule has 17 heavy (non-hydrogen) atoms. The van der Waals surface area contributed by atoms with Crippen LogP contribution >= 0.6 is 0 Å². The second-order valence-electron chi connectivity index (χ2n) is 4.88. The monoisotopic (exact) mass is 230 g/mol. The number of piperidine rings is 1. The summed E-state index contributed by atoms with van der Waals surface area (Å²) in [7, 11) is 0. The fourth-order valence-corrected chi connectivity index (χ4v) is 2.36. The predicted octanol–water partition coefficient (Wildman–Crippen LogP) is 1.76. The second kappa shape index (κ2) is 5.31. The SMILES string of the molecule is CC1CN(Cc2cccc(C#N)c2)CCC1O. The van der Waals surface area contributed by atoms with Gasteiger partial charge in [-0.25, -0.2) is 0 Å². The van der Waals surface area contributed by atoms with Gasteiger partial charge in [0, 0.05) is 19.6 Å². The minimum Gasteiger partial charge on any atom is -0.393 e. The largest absolute Gasteiger partial charge is 0.393 e. The third-order valence-electron chi connectivity index (χ3n) is 3.41. The Bertz CT molecular complexity index is 424. The van der Waals surface area contributed by atoms with Gasteiger partial charge in [-0.15, -0.1) is 0 Å². The maximum Gasteiger partial charge on any atom is 0.0991 e. The number of rotatable bonds is 2. The maximum absolute atomic E-state index is 9.67. The minimum absolute atomic E-state index is 0.156. The van der Waals surface area contributed by atoms with Crippen LogP contribution < -0.4 is 0 Å². The van der Waals surface area contributed by atoms with E-state index in [1.54, 1.807) is 0 Å². The molecule has 1 heterocycles. The summed E-state index contributed by atoms with van der Waals surface area (Å²) in [6, 6.07) is 9.91. The van der Waals surface area contributed by atoms with Crippen molar-refractivity contribution in [2.45, 2.75) is 26.0 Å². The lowest BCUT2D eigenvalue weighted by Crippen LogP contribution is -2.41. The van der Waals surface area contributed by atoms with E-state index in [1.807, 2.05) is 18.2 Å². The summed E-state index contributed by atoms with van der Waals surface area (Å²) in [6.45, 7) is 4.81. The average Bonchev–Trinajstić information content (AvgIpc) is 2.34. The highest BCUT2D eigenvalue weighted by Gasteiger charge is 2.23. The van der Waals surface area contributed by atoms with Crippen LogP contribution in [0.1, 0.15) is 24.5 Å². The van der Waals surface area contributed by atoms with Gasteiger partial charge in [0.15, 0.2) is 0 Å². The van der Waals surface area contributed by atoms with Crippen LogP contribution in [0.25, 0.3) is 0 Å². The first kappa shape index (κ1) is 12.1. The van der Waals surface area contributed by atoms with E-state index >= 15 is 0 Å². The molecular weight excluding hydrogens is 212 g/mol. The summed E-state index contributed by atoms with van der Waals surface area (Å²) in [5, 5.41) is 18.5. The van der Waals surface area contributed by atoms with E-state index in [0.717, 1.165) is 26.1 Å². The van der Waals surface area contributed by atoms with Crippen LogP contribution in [0.3, 0.4) is 0 Å². The molecule has 2 rings (SSSR count). The van der Waals surface area contributed by atoms with E-state index < -0.39 is 0 Å². The molecule has 1 aliphatic rings. The number of hydrogen-bond acceptors (Lipinski definition) is 3. The maximum atomic E-state index is 9.67. The zero-order chi connectivity index (χ0) is 12.3. The Morgan fingerprint density at radius 2 is 2.35 bits per heavy atom. The van der Waals surface area contributed by atoms with Crippen molar-refractivity contribution >= 4 is 0 Å². The molecule has 0 radical (unpaired) electrons. The van der Waals surface area contributed by atoms with Gasteiger partial charge in [0.1, 0.15) is 0 Å².